The van der Waals surface area contributed by atoms with E-state index in [1.807, 2.05) is 37.3 Å². The maximum Gasteiger partial charge on any atom is 0.248 e. The summed E-state index contributed by atoms with van der Waals surface area (Å²) in [5.41, 5.74) is 1.62. The molecule has 106 valence electrons. The Labute approximate surface area is 119 Å². The minimum atomic E-state index is -0.427. The SMILES string of the molecule is CN(C)C(=O)COC1(C)C=CC(c2ccccn2)=CC1. The Bertz CT molecular complexity index is 535. The van der Waals surface area contributed by atoms with Crippen molar-refractivity contribution in [3.05, 3.63) is 48.3 Å². The number of nitrogens with zero attached hydrogens (tertiary/aromatic N) is 2. The van der Waals surface area contributed by atoms with Crippen LogP contribution in [-0.4, -0.2) is 42.1 Å². The van der Waals surface area contributed by atoms with Gasteiger partial charge in [0.1, 0.15) is 6.61 Å². The largest absolute Gasteiger partial charge is 0.361 e. The Hall–Kier alpha value is -1.94. The highest BCUT2D eigenvalue weighted by Crippen LogP contribution is 2.28. The lowest BCUT2D eigenvalue weighted by Crippen LogP contribution is -2.34. The third kappa shape index (κ3) is 3.54. The third-order valence-electron chi connectivity index (χ3n) is 3.33. The van der Waals surface area contributed by atoms with Crippen molar-refractivity contribution in [2.45, 2.75) is 18.9 Å². The van der Waals surface area contributed by atoms with E-state index < -0.39 is 5.60 Å². The van der Waals surface area contributed by atoms with Crippen LogP contribution in [0.25, 0.3) is 5.57 Å². The molecule has 1 aliphatic carbocycles. The maximum atomic E-state index is 11.6. The smallest absolute Gasteiger partial charge is 0.248 e. The van der Waals surface area contributed by atoms with E-state index in [4.69, 9.17) is 4.74 Å². The van der Waals surface area contributed by atoms with Crippen LogP contribution in [0.2, 0.25) is 0 Å². The van der Waals surface area contributed by atoms with Crippen molar-refractivity contribution in [3.8, 4) is 0 Å². The molecule has 20 heavy (non-hydrogen) atoms. The molecular weight excluding hydrogens is 252 g/mol. The Morgan fingerprint density at radius 2 is 2.25 bits per heavy atom. The van der Waals surface area contributed by atoms with Crippen LogP contribution in [0.4, 0.5) is 0 Å². The molecule has 0 saturated heterocycles. The molecule has 1 amide bonds. The van der Waals surface area contributed by atoms with Crippen LogP contribution >= 0.6 is 0 Å². The lowest BCUT2D eigenvalue weighted by atomic mass is 9.92. The number of carbonyl (C=O) groups is 1. The summed E-state index contributed by atoms with van der Waals surface area (Å²) in [6, 6.07) is 5.85. The summed E-state index contributed by atoms with van der Waals surface area (Å²) in [7, 11) is 3.45. The van der Waals surface area contributed by atoms with Crippen molar-refractivity contribution in [2.24, 2.45) is 0 Å². The molecule has 0 saturated carbocycles. The highest BCUT2D eigenvalue weighted by Gasteiger charge is 2.25. The average molecular weight is 272 g/mol. The third-order valence-corrected chi connectivity index (χ3v) is 3.33. The summed E-state index contributed by atoms with van der Waals surface area (Å²) < 4.78 is 5.73. The van der Waals surface area contributed by atoms with Gasteiger partial charge >= 0.3 is 0 Å². The number of hydrogen-bond acceptors (Lipinski definition) is 3. The predicted octanol–water partition coefficient (Wildman–Crippen LogP) is 2.29. The van der Waals surface area contributed by atoms with Gasteiger partial charge in [-0.05, 0) is 31.1 Å². The molecule has 1 heterocycles. The lowest BCUT2D eigenvalue weighted by Gasteiger charge is -2.28. The Kier molecular flexibility index (Phi) is 4.35. The summed E-state index contributed by atoms with van der Waals surface area (Å²) in [5.74, 6) is -0.0286. The summed E-state index contributed by atoms with van der Waals surface area (Å²) in [6.45, 7) is 2.08. The highest BCUT2D eigenvalue weighted by molar-refractivity contribution is 5.77. The normalized spacial score (nSPS) is 21.4. The fourth-order valence-electron chi connectivity index (χ4n) is 1.90. The molecule has 2 rings (SSSR count). The van der Waals surface area contributed by atoms with E-state index >= 15 is 0 Å². The van der Waals surface area contributed by atoms with E-state index in [9.17, 15) is 4.79 Å². The quantitative estimate of drug-likeness (QED) is 0.844. The van der Waals surface area contributed by atoms with Crippen LogP contribution in [-0.2, 0) is 9.53 Å². The molecule has 1 aromatic rings. The van der Waals surface area contributed by atoms with Crippen molar-refractivity contribution < 1.29 is 9.53 Å². The van der Waals surface area contributed by atoms with E-state index in [0.717, 1.165) is 17.7 Å². The molecule has 1 unspecified atom stereocenters. The molecule has 0 aliphatic heterocycles. The molecule has 1 aromatic heterocycles. The maximum absolute atomic E-state index is 11.6. The zero-order valence-electron chi connectivity index (χ0n) is 12.2. The van der Waals surface area contributed by atoms with Gasteiger partial charge in [-0.3, -0.25) is 9.78 Å². The van der Waals surface area contributed by atoms with Crippen LogP contribution < -0.4 is 0 Å². The fraction of sp³-hybridized carbons (Fsp3) is 0.375. The van der Waals surface area contributed by atoms with Gasteiger partial charge in [-0.25, -0.2) is 0 Å². The van der Waals surface area contributed by atoms with Gasteiger partial charge in [-0.15, -0.1) is 0 Å². The van der Waals surface area contributed by atoms with Crippen LogP contribution in [0.15, 0.2) is 42.6 Å². The summed E-state index contributed by atoms with van der Waals surface area (Å²) in [6.07, 6.45) is 8.62. The number of likely N-dealkylation sites (N-methyl/N-ethyl adjacent to an activating group) is 1. The van der Waals surface area contributed by atoms with Crippen molar-refractivity contribution in [2.75, 3.05) is 20.7 Å². The molecular formula is C16H20N2O2. The Morgan fingerprint density at radius 1 is 1.45 bits per heavy atom. The zero-order chi connectivity index (χ0) is 14.6. The van der Waals surface area contributed by atoms with Crippen LogP contribution in [0, 0.1) is 0 Å². The molecule has 0 radical (unpaired) electrons. The van der Waals surface area contributed by atoms with Gasteiger partial charge in [0, 0.05) is 20.3 Å². The van der Waals surface area contributed by atoms with E-state index in [1.54, 1.807) is 20.3 Å². The molecule has 0 spiro atoms. The zero-order valence-corrected chi connectivity index (χ0v) is 12.2. The number of hydrogen-bond donors (Lipinski definition) is 0. The number of rotatable bonds is 4. The van der Waals surface area contributed by atoms with E-state index in [0.29, 0.717) is 0 Å². The topological polar surface area (TPSA) is 42.4 Å². The molecule has 1 atom stereocenters. The number of amides is 1. The van der Waals surface area contributed by atoms with Gasteiger partial charge in [0.2, 0.25) is 5.91 Å². The lowest BCUT2D eigenvalue weighted by molar-refractivity contribution is -0.137. The summed E-state index contributed by atoms with van der Waals surface area (Å²) >= 11 is 0. The molecule has 0 N–H and O–H groups in total. The second-order valence-corrected chi connectivity index (χ2v) is 5.30. The highest BCUT2D eigenvalue weighted by atomic mass is 16.5. The van der Waals surface area contributed by atoms with Crippen molar-refractivity contribution >= 4 is 11.5 Å². The Balaban J connectivity index is 1.98. The van der Waals surface area contributed by atoms with Gasteiger partial charge in [-0.1, -0.05) is 24.3 Å². The Morgan fingerprint density at radius 3 is 2.80 bits per heavy atom. The van der Waals surface area contributed by atoms with E-state index in [2.05, 4.69) is 11.1 Å². The predicted molar refractivity (Wildman–Crippen MR) is 79.0 cm³/mol. The van der Waals surface area contributed by atoms with Gasteiger partial charge in [0.15, 0.2) is 0 Å². The van der Waals surface area contributed by atoms with Crippen LogP contribution in [0.5, 0.6) is 0 Å². The molecule has 1 aliphatic rings. The van der Waals surface area contributed by atoms with Gasteiger partial charge in [0.25, 0.3) is 0 Å². The van der Waals surface area contributed by atoms with Gasteiger partial charge < -0.3 is 9.64 Å². The number of allylic oxidation sites excluding steroid dienone is 2. The van der Waals surface area contributed by atoms with Gasteiger partial charge in [0.05, 0.1) is 11.3 Å². The van der Waals surface area contributed by atoms with Crippen LogP contribution in [0.3, 0.4) is 0 Å². The number of pyridine rings is 1. The fourth-order valence-corrected chi connectivity index (χ4v) is 1.90. The summed E-state index contributed by atoms with van der Waals surface area (Å²) in [5, 5.41) is 0. The van der Waals surface area contributed by atoms with Crippen molar-refractivity contribution in [1.29, 1.82) is 0 Å². The standard InChI is InChI=1S/C16H20N2O2/c1-16(20-12-15(19)18(2)3)9-7-13(8-10-16)14-6-4-5-11-17-14/h4-9,11H,10,12H2,1-3H3. The first-order valence-electron chi connectivity index (χ1n) is 6.65. The molecule has 4 heteroatoms. The molecule has 0 fully saturated rings. The van der Waals surface area contributed by atoms with Crippen molar-refractivity contribution in [3.63, 3.8) is 0 Å². The first-order chi connectivity index (χ1) is 9.50. The van der Waals surface area contributed by atoms with E-state index in [-0.39, 0.29) is 12.5 Å². The second-order valence-electron chi connectivity index (χ2n) is 5.30. The van der Waals surface area contributed by atoms with Gasteiger partial charge in [-0.2, -0.15) is 0 Å². The molecule has 0 aromatic carbocycles. The molecule has 4 nitrogen and oxygen atoms in total. The number of ether oxygens (including phenoxy) is 1. The van der Waals surface area contributed by atoms with Crippen LogP contribution in [0.1, 0.15) is 19.0 Å². The molecule has 0 bridgehead atoms. The monoisotopic (exact) mass is 272 g/mol. The first kappa shape index (κ1) is 14.5. The minimum Gasteiger partial charge on any atom is -0.361 e. The second kappa shape index (κ2) is 6.01. The number of aromatic nitrogens is 1. The minimum absolute atomic E-state index is 0.0286. The average Bonchev–Trinajstić information content (AvgIpc) is 2.46. The van der Waals surface area contributed by atoms with E-state index in [1.165, 1.54) is 4.90 Å². The number of carbonyl (C=O) groups excluding carboxylic acids is 1. The van der Waals surface area contributed by atoms with Crippen molar-refractivity contribution in [1.82, 2.24) is 9.88 Å². The first-order valence-corrected chi connectivity index (χ1v) is 6.65. The summed E-state index contributed by atoms with van der Waals surface area (Å²) in [4.78, 5) is 17.4.